The van der Waals surface area contributed by atoms with Gasteiger partial charge in [0.25, 0.3) is 0 Å². The van der Waals surface area contributed by atoms with Gasteiger partial charge in [-0.1, -0.05) is 13.8 Å². The second-order valence-corrected chi connectivity index (χ2v) is 6.58. The average molecular weight is 306 g/mol. The minimum absolute atomic E-state index is 0.120. The van der Waals surface area contributed by atoms with Crippen LogP contribution >= 0.6 is 0 Å². The number of aliphatic hydroxyl groups excluding tert-OH is 1. The van der Waals surface area contributed by atoms with Gasteiger partial charge >= 0.3 is 0 Å². The highest BCUT2D eigenvalue weighted by Crippen LogP contribution is 2.33. The standard InChI is InChI=1S/C18H30N2O2/c1-12(2)15-11-16(13(3)10-17(15)22-5)18(21)14(4)20-8-6-19-7-9-20/h10-12,14,18-19,21H,6-9H2,1-5H3. The topological polar surface area (TPSA) is 44.7 Å². The predicted octanol–water partition coefficient (Wildman–Crippen LogP) is 2.45. The maximum Gasteiger partial charge on any atom is 0.122 e. The van der Waals surface area contributed by atoms with Crippen molar-refractivity contribution in [1.82, 2.24) is 10.2 Å². The molecular formula is C18H30N2O2. The lowest BCUT2D eigenvalue weighted by atomic mass is 9.91. The molecule has 1 heterocycles. The summed E-state index contributed by atoms with van der Waals surface area (Å²) in [7, 11) is 1.71. The van der Waals surface area contributed by atoms with Crippen molar-refractivity contribution in [2.24, 2.45) is 0 Å². The Labute approximate surface area is 134 Å². The van der Waals surface area contributed by atoms with Crippen LogP contribution in [0.15, 0.2) is 12.1 Å². The molecule has 1 aromatic carbocycles. The number of methoxy groups -OCH3 is 1. The Hall–Kier alpha value is -1.10. The van der Waals surface area contributed by atoms with E-state index in [2.05, 4.69) is 50.0 Å². The zero-order valence-electron chi connectivity index (χ0n) is 14.5. The van der Waals surface area contributed by atoms with Gasteiger partial charge in [0.15, 0.2) is 0 Å². The van der Waals surface area contributed by atoms with Crippen LogP contribution < -0.4 is 10.1 Å². The van der Waals surface area contributed by atoms with Gasteiger partial charge in [-0.3, -0.25) is 4.90 Å². The lowest BCUT2D eigenvalue weighted by molar-refractivity contribution is 0.0505. The fourth-order valence-electron chi connectivity index (χ4n) is 3.21. The summed E-state index contributed by atoms with van der Waals surface area (Å²) in [5, 5.41) is 14.2. The van der Waals surface area contributed by atoms with Gasteiger partial charge in [-0.05, 0) is 48.6 Å². The van der Waals surface area contributed by atoms with E-state index < -0.39 is 6.10 Å². The fraction of sp³-hybridized carbons (Fsp3) is 0.667. The quantitative estimate of drug-likeness (QED) is 0.877. The van der Waals surface area contributed by atoms with Crippen LogP contribution in [-0.4, -0.2) is 49.3 Å². The van der Waals surface area contributed by atoms with Crippen LogP contribution in [0.4, 0.5) is 0 Å². The Morgan fingerprint density at radius 1 is 1.14 bits per heavy atom. The minimum Gasteiger partial charge on any atom is -0.496 e. The summed E-state index contributed by atoms with van der Waals surface area (Å²) >= 11 is 0. The molecule has 1 saturated heterocycles. The number of nitrogens with zero attached hydrogens (tertiary/aromatic N) is 1. The molecule has 0 bridgehead atoms. The molecule has 1 fully saturated rings. The molecule has 4 heteroatoms. The van der Waals surface area contributed by atoms with Crippen LogP contribution in [0.1, 0.15) is 49.5 Å². The molecule has 0 aliphatic carbocycles. The Balaban J connectivity index is 2.28. The van der Waals surface area contributed by atoms with E-state index in [1.165, 1.54) is 0 Å². The Morgan fingerprint density at radius 3 is 2.32 bits per heavy atom. The van der Waals surface area contributed by atoms with E-state index in [9.17, 15) is 5.11 Å². The lowest BCUT2D eigenvalue weighted by Crippen LogP contribution is -2.49. The van der Waals surface area contributed by atoms with E-state index in [1.807, 2.05) is 0 Å². The first kappa shape index (κ1) is 17.3. The van der Waals surface area contributed by atoms with Crippen molar-refractivity contribution in [2.45, 2.75) is 45.8 Å². The van der Waals surface area contributed by atoms with Gasteiger partial charge in [0.05, 0.1) is 13.2 Å². The fourth-order valence-corrected chi connectivity index (χ4v) is 3.21. The van der Waals surface area contributed by atoms with Crippen LogP contribution in [0, 0.1) is 6.92 Å². The number of aliphatic hydroxyl groups is 1. The number of nitrogens with one attached hydrogen (secondary N) is 1. The second kappa shape index (κ2) is 7.44. The van der Waals surface area contributed by atoms with Crippen molar-refractivity contribution in [3.63, 3.8) is 0 Å². The first-order chi connectivity index (χ1) is 10.5. The molecule has 124 valence electrons. The number of piperazine rings is 1. The van der Waals surface area contributed by atoms with Crippen LogP contribution in [0.25, 0.3) is 0 Å². The summed E-state index contributed by atoms with van der Waals surface area (Å²) in [4.78, 5) is 2.36. The van der Waals surface area contributed by atoms with Crippen molar-refractivity contribution in [3.8, 4) is 5.75 Å². The zero-order valence-corrected chi connectivity index (χ0v) is 14.5. The van der Waals surface area contributed by atoms with Crippen LogP contribution in [0.5, 0.6) is 5.75 Å². The molecule has 0 radical (unpaired) electrons. The zero-order chi connectivity index (χ0) is 16.3. The van der Waals surface area contributed by atoms with Gasteiger partial charge in [0.2, 0.25) is 0 Å². The smallest absolute Gasteiger partial charge is 0.122 e. The van der Waals surface area contributed by atoms with Crippen LogP contribution in [0.2, 0.25) is 0 Å². The summed E-state index contributed by atoms with van der Waals surface area (Å²) in [5.41, 5.74) is 3.28. The predicted molar refractivity (Wildman–Crippen MR) is 90.7 cm³/mol. The van der Waals surface area contributed by atoms with E-state index in [0.29, 0.717) is 5.92 Å². The molecule has 2 N–H and O–H groups in total. The number of hydrogen-bond donors (Lipinski definition) is 2. The maximum atomic E-state index is 10.9. The summed E-state index contributed by atoms with van der Waals surface area (Å²) in [6.45, 7) is 12.5. The number of ether oxygens (including phenoxy) is 1. The molecule has 22 heavy (non-hydrogen) atoms. The van der Waals surface area contributed by atoms with Gasteiger partial charge in [0, 0.05) is 32.2 Å². The monoisotopic (exact) mass is 306 g/mol. The van der Waals surface area contributed by atoms with E-state index >= 15 is 0 Å². The number of benzene rings is 1. The molecule has 0 aromatic heterocycles. The normalized spacial score (nSPS) is 19.2. The van der Waals surface area contributed by atoms with Crippen molar-refractivity contribution >= 4 is 0 Å². The highest BCUT2D eigenvalue weighted by Gasteiger charge is 2.26. The van der Waals surface area contributed by atoms with Gasteiger partial charge < -0.3 is 15.2 Å². The molecule has 1 aliphatic rings. The number of aryl methyl sites for hydroxylation is 1. The van der Waals surface area contributed by atoms with Crippen LogP contribution in [0.3, 0.4) is 0 Å². The summed E-state index contributed by atoms with van der Waals surface area (Å²) in [6, 6.07) is 4.30. The molecule has 2 rings (SSSR count). The summed E-state index contributed by atoms with van der Waals surface area (Å²) in [5.74, 6) is 1.29. The van der Waals surface area contributed by atoms with Gasteiger partial charge in [-0.15, -0.1) is 0 Å². The molecule has 4 nitrogen and oxygen atoms in total. The molecule has 1 aliphatic heterocycles. The molecule has 0 amide bonds. The molecule has 2 unspecified atom stereocenters. The third-order valence-corrected chi connectivity index (χ3v) is 4.74. The molecule has 0 saturated carbocycles. The van der Waals surface area contributed by atoms with Crippen molar-refractivity contribution in [1.29, 1.82) is 0 Å². The highest BCUT2D eigenvalue weighted by molar-refractivity contribution is 5.45. The Morgan fingerprint density at radius 2 is 1.77 bits per heavy atom. The number of hydrogen-bond acceptors (Lipinski definition) is 4. The Kier molecular flexibility index (Phi) is 5.84. The minimum atomic E-state index is -0.471. The largest absolute Gasteiger partial charge is 0.496 e. The van der Waals surface area contributed by atoms with E-state index in [1.54, 1.807) is 7.11 Å². The lowest BCUT2D eigenvalue weighted by Gasteiger charge is -2.36. The van der Waals surface area contributed by atoms with E-state index in [4.69, 9.17) is 4.74 Å². The second-order valence-electron chi connectivity index (χ2n) is 6.58. The molecule has 1 aromatic rings. The molecule has 0 spiro atoms. The van der Waals surface area contributed by atoms with Crippen molar-refractivity contribution in [2.75, 3.05) is 33.3 Å². The third kappa shape index (κ3) is 3.62. The van der Waals surface area contributed by atoms with Crippen molar-refractivity contribution in [3.05, 3.63) is 28.8 Å². The summed E-state index contributed by atoms with van der Waals surface area (Å²) in [6.07, 6.45) is -0.471. The molecular weight excluding hydrogens is 276 g/mol. The van der Waals surface area contributed by atoms with Crippen molar-refractivity contribution < 1.29 is 9.84 Å². The summed E-state index contributed by atoms with van der Waals surface area (Å²) < 4.78 is 5.50. The first-order valence-electron chi connectivity index (χ1n) is 8.27. The first-order valence-corrected chi connectivity index (χ1v) is 8.27. The number of rotatable bonds is 5. The average Bonchev–Trinajstić information content (AvgIpc) is 2.53. The SMILES string of the molecule is COc1cc(C)c(C(O)C(C)N2CCNCC2)cc1C(C)C. The van der Waals surface area contributed by atoms with Gasteiger partial charge in [-0.25, -0.2) is 0 Å². The molecule has 2 atom stereocenters. The van der Waals surface area contributed by atoms with Gasteiger partial charge in [0.1, 0.15) is 5.75 Å². The van der Waals surface area contributed by atoms with Crippen LogP contribution in [-0.2, 0) is 0 Å². The van der Waals surface area contributed by atoms with E-state index in [0.717, 1.165) is 48.6 Å². The maximum absolute atomic E-state index is 10.9. The van der Waals surface area contributed by atoms with E-state index in [-0.39, 0.29) is 6.04 Å². The highest BCUT2D eigenvalue weighted by atomic mass is 16.5. The Bertz CT molecular complexity index is 496. The third-order valence-electron chi connectivity index (χ3n) is 4.74. The van der Waals surface area contributed by atoms with Gasteiger partial charge in [-0.2, -0.15) is 0 Å².